The first-order valence-corrected chi connectivity index (χ1v) is 21.6. The molecule has 2 saturated heterocycles. The van der Waals surface area contributed by atoms with Gasteiger partial charge in [0.2, 0.25) is 0 Å². The smallest absolute Gasteiger partial charge is 0.410 e. The summed E-state index contributed by atoms with van der Waals surface area (Å²) in [7, 11) is -3.72. The minimum atomic E-state index is -3.72. The van der Waals surface area contributed by atoms with E-state index >= 15 is 0 Å². The highest BCUT2D eigenvalue weighted by molar-refractivity contribution is 7.86. The van der Waals surface area contributed by atoms with E-state index in [-0.39, 0.29) is 34.8 Å². The van der Waals surface area contributed by atoms with Crippen LogP contribution in [-0.2, 0) is 43.4 Å². The number of hydrogen-bond donors (Lipinski definition) is 3. The van der Waals surface area contributed by atoms with Crippen molar-refractivity contribution < 1.29 is 31.7 Å². The van der Waals surface area contributed by atoms with Crippen molar-refractivity contribution in [3.63, 3.8) is 0 Å². The Hall–Kier alpha value is -4.27. The van der Waals surface area contributed by atoms with E-state index in [0.29, 0.717) is 49.5 Å². The lowest BCUT2D eigenvalue weighted by atomic mass is 9.93. The molecular formula is C39H68N12O7S. The summed E-state index contributed by atoms with van der Waals surface area (Å²) in [4.78, 5) is 28.7. The van der Waals surface area contributed by atoms with Crippen LogP contribution in [0.15, 0.2) is 29.2 Å². The molecule has 2 aromatic heterocycles. The molecule has 2 atom stereocenters. The summed E-state index contributed by atoms with van der Waals surface area (Å²) in [6, 6.07) is 6.62. The number of aromatic nitrogens is 8. The number of rotatable bonds is 12. The van der Waals surface area contributed by atoms with Crippen LogP contribution in [0.5, 0.6) is 0 Å². The van der Waals surface area contributed by atoms with Crippen molar-refractivity contribution in [1.29, 1.82) is 0 Å². The number of tetrazole rings is 2. The molecule has 59 heavy (non-hydrogen) atoms. The number of aromatic amines is 1. The molecule has 0 bridgehead atoms. The third-order valence-electron chi connectivity index (χ3n) is 9.79. The lowest BCUT2D eigenvalue weighted by Gasteiger charge is -2.33. The highest BCUT2D eigenvalue weighted by atomic mass is 32.2. The molecule has 3 aromatic rings. The number of nitrogens with two attached hydrogens (primary N) is 2. The zero-order valence-corrected chi connectivity index (χ0v) is 37.7. The predicted molar refractivity (Wildman–Crippen MR) is 221 cm³/mol. The summed E-state index contributed by atoms with van der Waals surface area (Å²) >= 11 is 0. The fourth-order valence-electron chi connectivity index (χ4n) is 7.09. The first-order chi connectivity index (χ1) is 27.4. The largest absolute Gasteiger partial charge is 0.444 e. The second kappa shape index (κ2) is 20.8. The molecular weight excluding hydrogens is 781 g/mol. The molecule has 0 saturated carbocycles. The molecule has 5 N–H and O–H groups in total. The minimum Gasteiger partial charge on any atom is -0.444 e. The van der Waals surface area contributed by atoms with Gasteiger partial charge in [-0.2, -0.15) is 13.6 Å². The quantitative estimate of drug-likeness (QED) is 0.158. The highest BCUT2D eigenvalue weighted by Gasteiger charge is 2.43. The molecule has 0 unspecified atom stereocenters. The molecule has 4 heterocycles. The number of nitrogens with one attached hydrogen (secondary N) is 1. The van der Waals surface area contributed by atoms with Gasteiger partial charge in [0.15, 0.2) is 11.6 Å². The highest BCUT2D eigenvalue weighted by Crippen LogP contribution is 2.37. The van der Waals surface area contributed by atoms with Gasteiger partial charge in [-0.25, -0.2) is 14.3 Å². The molecule has 2 aliphatic heterocycles. The lowest BCUT2D eigenvalue weighted by molar-refractivity contribution is 0.0118. The van der Waals surface area contributed by atoms with Crippen molar-refractivity contribution in [3.05, 3.63) is 41.5 Å². The molecule has 5 rings (SSSR count). The number of hydrogen-bond acceptors (Lipinski definition) is 15. The van der Waals surface area contributed by atoms with Crippen molar-refractivity contribution in [1.82, 2.24) is 50.6 Å². The van der Waals surface area contributed by atoms with Crippen LogP contribution in [0.1, 0.15) is 125 Å². The van der Waals surface area contributed by atoms with Gasteiger partial charge in [-0.1, -0.05) is 22.9 Å². The molecule has 1 aromatic carbocycles. The van der Waals surface area contributed by atoms with Gasteiger partial charge in [0.1, 0.15) is 11.2 Å². The maximum absolute atomic E-state index is 12.5. The Morgan fingerprint density at radius 2 is 1.36 bits per heavy atom. The van der Waals surface area contributed by atoms with E-state index < -0.39 is 21.3 Å². The van der Waals surface area contributed by atoms with Gasteiger partial charge in [0, 0.05) is 30.7 Å². The monoisotopic (exact) mass is 849 g/mol. The van der Waals surface area contributed by atoms with E-state index in [0.717, 1.165) is 50.8 Å². The maximum atomic E-state index is 12.5. The summed E-state index contributed by atoms with van der Waals surface area (Å²) in [5.41, 5.74) is 10.3. The molecule has 0 spiro atoms. The maximum Gasteiger partial charge on any atom is 0.410 e. The lowest BCUT2D eigenvalue weighted by Crippen LogP contribution is -2.45. The third kappa shape index (κ3) is 16.0. The minimum absolute atomic E-state index is 0.138. The number of benzene rings is 1. The Bertz CT molecular complexity index is 1850. The summed E-state index contributed by atoms with van der Waals surface area (Å²) in [5, 5.41) is 24.2. The van der Waals surface area contributed by atoms with Crippen LogP contribution in [-0.4, -0.2) is 113 Å². The molecule has 332 valence electrons. The molecule has 2 amide bonds. The van der Waals surface area contributed by atoms with Crippen molar-refractivity contribution >= 4 is 22.3 Å². The average Bonchev–Trinajstić information content (AvgIpc) is 3.92. The second-order valence-corrected chi connectivity index (χ2v) is 20.0. The Morgan fingerprint density at radius 1 is 0.831 bits per heavy atom. The Balaban J connectivity index is 0.000000272. The van der Waals surface area contributed by atoms with E-state index in [4.69, 9.17) is 25.1 Å². The van der Waals surface area contributed by atoms with Gasteiger partial charge in [-0.05, 0) is 149 Å². The normalized spacial score (nSPS) is 18.7. The van der Waals surface area contributed by atoms with Crippen LogP contribution < -0.4 is 11.5 Å². The number of amides is 2. The van der Waals surface area contributed by atoms with Gasteiger partial charge < -0.3 is 30.7 Å². The fourth-order valence-corrected chi connectivity index (χ4v) is 8.04. The van der Waals surface area contributed by atoms with Crippen molar-refractivity contribution in [2.75, 3.05) is 19.7 Å². The zero-order chi connectivity index (χ0) is 44.2. The Labute approximate surface area is 349 Å². The number of aryl methyl sites for hydroxylation is 2. The Kier molecular flexibility index (Phi) is 17.3. The second-order valence-electron chi connectivity index (χ2n) is 18.4. The summed E-state index contributed by atoms with van der Waals surface area (Å²) in [6.07, 6.45) is 4.72. The number of carbonyl (C=O) groups is 2. The van der Waals surface area contributed by atoms with Crippen LogP contribution in [0, 0.1) is 18.8 Å². The van der Waals surface area contributed by atoms with Gasteiger partial charge in [-0.3, -0.25) is 4.18 Å². The molecule has 0 radical (unpaired) electrons. The average molecular weight is 849 g/mol. The van der Waals surface area contributed by atoms with E-state index in [9.17, 15) is 18.0 Å². The van der Waals surface area contributed by atoms with E-state index in [1.54, 1.807) is 33.8 Å². The van der Waals surface area contributed by atoms with Crippen molar-refractivity contribution in [2.24, 2.45) is 23.3 Å². The number of nitrogens with zero attached hydrogens (tertiary/aromatic N) is 9. The number of H-pyrrole nitrogens is 1. The van der Waals surface area contributed by atoms with Crippen LogP contribution in [0.4, 0.5) is 9.59 Å². The van der Waals surface area contributed by atoms with E-state index in [1.807, 2.05) is 67.2 Å². The Morgan fingerprint density at radius 3 is 1.80 bits per heavy atom. The van der Waals surface area contributed by atoms with Crippen molar-refractivity contribution in [3.8, 4) is 0 Å². The van der Waals surface area contributed by atoms with Crippen molar-refractivity contribution in [2.45, 2.75) is 161 Å². The topological polar surface area (TPSA) is 253 Å². The van der Waals surface area contributed by atoms with Crippen LogP contribution in [0.3, 0.4) is 0 Å². The molecule has 0 aliphatic carbocycles. The summed E-state index contributed by atoms with van der Waals surface area (Å²) in [5.74, 6) is 2.01. The third-order valence-corrected chi connectivity index (χ3v) is 11.1. The van der Waals surface area contributed by atoms with Gasteiger partial charge in [0.25, 0.3) is 10.1 Å². The SMILES string of the molecule is CC(C)(C)OC(=O)N1C[C@@H](CCCn2nnnc2CN)CC1(C)C.Cc1ccc(S(=O)(=O)OCCC[C@@H]2CN(C(=O)OC(C)(C)C)C(C)(C)C2)cc1.NCc1nn[nH]n1. The van der Waals surface area contributed by atoms with Crippen LogP contribution in [0.25, 0.3) is 0 Å². The zero-order valence-electron chi connectivity index (χ0n) is 36.9. The number of carbonyl (C=O) groups excluding carboxylic acids is 2. The number of ether oxygens (including phenoxy) is 2. The molecule has 2 aliphatic rings. The fraction of sp³-hybridized carbons (Fsp3) is 0.744. The summed E-state index contributed by atoms with van der Waals surface area (Å²) < 4.78 is 42.4. The van der Waals surface area contributed by atoms with E-state index in [2.05, 4.69) is 50.0 Å². The van der Waals surface area contributed by atoms with Gasteiger partial charge >= 0.3 is 12.2 Å². The van der Waals surface area contributed by atoms with Crippen LogP contribution >= 0.6 is 0 Å². The molecule has 2 fully saturated rings. The molecule has 20 heteroatoms. The number of likely N-dealkylation sites (tertiary alicyclic amines) is 2. The first-order valence-electron chi connectivity index (χ1n) is 20.2. The molecule has 19 nitrogen and oxygen atoms in total. The van der Waals surface area contributed by atoms with Gasteiger partial charge in [0.05, 0.1) is 24.6 Å². The van der Waals surface area contributed by atoms with Gasteiger partial charge in [-0.15, -0.1) is 15.3 Å². The predicted octanol–water partition coefficient (Wildman–Crippen LogP) is 5.12. The standard InChI is InChI=1S/C21H33NO5S.C16H30N6O2.C2H5N5/c1-16-9-11-18(12-10-16)28(24,25)26-13-7-8-17-14-21(5,6)22(15-17)19(23)27-20(2,3)4;1-15(2,3)24-14(23)21-11-12(9-16(21,4)5)7-6-8-22-13(10-17)18-19-20-22;3-1-2-4-6-7-5-2/h9-12,17H,7-8,13-15H2,1-6H3;12H,6-11,17H2,1-5H3;1,3H2,(H,4,5,6,7)/t17-;12-;/m00./s1. The summed E-state index contributed by atoms with van der Waals surface area (Å²) in [6.45, 7) is 24.4. The first kappa shape index (κ1) is 49.1. The van der Waals surface area contributed by atoms with E-state index in [1.165, 1.54) is 0 Å². The van der Waals surface area contributed by atoms with Crippen LogP contribution in [0.2, 0.25) is 0 Å².